The number of ether oxygens (including phenoxy) is 2. The van der Waals surface area contributed by atoms with Gasteiger partial charge in [-0.1, -0.05) is 23.7 Å². The third-order valence-corrected chi connectivity index (χ3v) is 4.21. The van der Waals surface area contributed by atoms with E-state index in [1.165, 1.54) is 0 Å². The van der Waals surface area contributed by atoms with Crippen molar-refractivity contribution in [3.05, 3.63) is 34.9 Å². The zero-order chi connectivity index (χ0) is 13.9. The van der Waals surface area contributed by atoms with Crippen molar-refractivity contribution in [1.82, 2.24) is 4.90 Å². The highest BCUT2D eigenvalue weighted by molar-refractivity contribution is 6.33. The number of hydrogen-bond donors (Lipinski definition) is 0. The van der Waals surface area contributed by atoms with Gasteiger partial charge in [-0.05, 0) is 31.4 Å². The molecule has 2 saturated heterocycles. The molecule has 2 aliphatic heterocycles. The van der Waals surface area contributed by atoms with Crippen molar-refractivity contribution in [1.29, 1.82) is 0 Å². The zero-order valence-electron chi connectivity index (χ0n) is 11.3. The van der Waals surface area contributed by atoms with E-state index in [0.717, 1.165) is 25.8 Å². The summed E-state index contributed by atoms with van der Waals surface area (Å²) >= 11 is 6.14. The summed E-state index contributed by atoms with van der Waals surface area (Å²) in [4.78, 5) is 14.6. The first kappa shape index (κ1) is 13.9. The quantitative estimate of drug-likeness (QED) is 0.842. The van der Waals surface area contributed by atoms with Gasteiger partial charge in [-0.2, -0.15) is 0 Å². The number of likely N-dealkylation sites (tertiary alicyclic amines) is 1. The maximum atomic E-state index is 12.7. The predicted molar refractivity (Wildman–Crippen MR) is 75.8 cm³/mol. The molecule has 5 heteroatoms. The topological polar surface area (TPSA) is 38.8 Å². The monoisotopic (exact) mass is 295 g/mol. The Morgan fingerprint density at radius 3 is 2.70 bits per heavy atom. The average molecular weight is 296 g/mol. The van der Waals surface area contributed by atoms with E-state index in [4.69, 9.17) is 21.1 Å². The summed E-state index contributed by atoms with van der Waals surface area (Å²) < 4.78 is 11.2. The van der Waals surface area contributed by atoms with Crippen molar-refractivity contribution in [2.75, 3.05) is 19.8 Å². The molecule has 0 saturated carbocycles. The molecule has 0 spiro atoms. The third-order valence-electron chi connectivity index (χ3n) is 3.88. The molecule has 1 amide bonds. The van der Waals surface area contributed by atoms with E-state index in [0.29, 0.717) is 23.8 Å². The fraction of sp³-hybridized carbons (Fsp3) is 0.533. The Labute approximate surface area is 123 Å². The van der Waals surface area contributed by atoms with E-state index < -0.39 is 0 Å². The lowest BCUT2D eigenvalue weighted by Crippen LogP contribution is -2.50. The number of carbonyl (C=O) groups excluding carboxylic acids is 1. The van der Waals surface area contributed by atoms with Crippen LogP contribution in [0.25, 0.3) is 0 Å². The molecule has 0 N–H and O–H groups in total. The summed E-state index contributed by atoms with van der Waals surface area (Å²) in [5.74, 6) is -0.0283. The van der Waals surface area contributed by atoms with Crippen LogP contribution < -0.4 is 0 Å². The molecule has 108 valence electrons. The van der Waals surface area contributed by atoms with Crippen LogP contribution in [0.3, 0.4) is 0 Å². The first-order chi connectivity index (χ1) is 9.77. The second-order valence-electron chi connectivity index (χ2n) is 5.15. The number of rotatable bonds is 2. The summed E-state index contributed by atoms with van der Waals surface area (Å²) in [6.07, 6.45) is 2.74. The van der Waals surface area contributed by atoms with Crippen molar-refractivity contribution in [2.24, 2.45) is 0 Å². The Morgan fingerprint density at radius 2 is 1.95 bits per heavy atom. The van der Waals surface area contributed by atoms with Crippen molar-refractivity contribution in [3.63, 3.8) is 0 Å². The van der Waals surface area contributed by atoms with Crippen LogP contribution in [-0.4, -0.2) is 42.9 Å². The minimum atomic E-state index is -0.290. The van der Waals surface area contributed by atoms with Gasteiger partial charge in [0.25, 0.3) is 5.91 Å². The van der Waals surface area contributed by atoms with Gasteiger partial charge in [0.2, 0.25) is 0 Å². The van der Waals surface area contributed by atoms with E-state index in [9.17, 15) is 4.79 Å². The van der Waals surface area contributed by atoms with Crippen LogP contribution in [0.1, 0.15) is 29.6 Å². The van der Waals surface area contributed by atoms with Gasteiger partial charge < -0.3 is 14.4 Å². The number of benzene rings is 1. The Morgan fingerprint density at radius 1 is 1.20 bits per heavy atom. The van der Waals surface area contributed by atoms with Gasteiger partial charge in [0.05, 0.1) is 29.8 Å². The number of hydrogen-bond acceptors (Lipinski definition) is 3. The predicted octanol–water partition coefficient (Wildman–Crippen LogP) is 2.71. The molecule has 2 heterocycles. The Hall–Kier alpha value is -1.10. The first-order valence-electron chi connectivity index (χ1n) is 7.06. The summed E-state index contributed by atoms with van der Waals surface area (Å²) in [5, 5.41) is 0.495. The lowest BCUT2D eigenvalue weighted by Gasteiger charge is -2.38. The normalized spacial score (nSPS) is 24.1. The first-order valence-corrected chi connectivity index (χ1v) is 7.44. The lowest BCUT2D eigenvalue weighted by molar-refractivity contribution is -0.100. The largest absolute Gasteiger partial charge is 0.348 e. The highest BCUT2D eigenvalue weighted by atomic mass is 35.5. The van der Waals surface area contributed by atoms with E-state index >= 15 is 0 Å². The Balaban J connectivity index is 1.82. The van der Waals surface area contributed by atoms with Crippen LogP contribution in [0.4, 0.5) is 0 Å². The van der Waals surface area contributed by atoms with Crippen LogP contribution in [0.2, 0.25) is 5.02 Å². The molecule has 1 aromatic carbocycles. The van der Waals surface area contributed by atoms with Crippen LogP contribution >= 0.6 is 11.6 Å². The molecule has 0 aromatic heterocycles. The minimum absolute atomic E-state index is 0.00461. The SMILES string of the molecule is O=C(c1ccccc1Cl)N1CCCCC1C1OCCO1. The van der Waals surface area contributed by atoms with Gasteiger partial charge in [-0.25, -0.2) is 0 Å². The molecule has 1 aromatic rings. The molecule has 1 atom stereocenters. The molecule has 2 aliphatic rings. The summed E-state index contributed by atoms with van der Waals surface area (Å²) in [6, 6.07) is 7.18. The van der Waals surface area contributed by atoms with E-state index in [1.54, 1.807) is 12.1 Å². The number of amides is 1. The Kier molecular flexibility index (Phi) is 4.24. The van der Waals surface area contributed by atoms with Gasteiger partial charge in [0.1, 0.15) is 0 Å². The second-order valence-corrected chi connectivity index (χ2v) is 5.56. The van der Waals surface area contributed by atoms with Crippen LogP contribution in [0, 0.1) is 0 Å². The summed E-state index contributed by atoms with van der Waals surface area (Å²) in [7, 11) is 0. The van der Waals surface area contributed by atoms with Crippen molar-refractivity contribution in [2.45, 2.75) is 31.6 Å². The molecular weight excluding hydrogens is 278 g/mol. The van der Waals surface area contributed by atoms with Crippen molar-refractivity contribution < 1.29 is 14.3 Å². The molecule has 0 bridgehead atoms. The third kappa shape index (κ3) is 2.68. The molecule has 20 heavy (non-hydrogen) atoms. The average Bonchev–Trinajstić information content (AvgIpc) is 3.01. The van der Waals surface area contributed by atoms with Gasteiger partial charge in [0, 0.05) is 6.54 Å². The van der Waals surface area contributed by atoms with Gasteiger partial charge >= 0.3 is 0 Å². The number of nitrogens with zero attached hydrogens (tertiary/aromatic N) is 1. The lowest BCUT2D eigenvalue weighted by atomic mass is 10.00. The molecule has 4 nitrogen and oxygen atoms in total. The van der Waals surface area contributed by atoms with Crippen molar-refractivity contribution >= 4 is 17.5 Å². The summed E-state index contributed by atoms with van der Waals surface area (Å²) in [5.41, 5.74) is 0.555. The molecular formula is C15H18ClNO3. The number of halogens is 1. The molecule has 3 rings (SSSR count). The van der Waals surface area contributed by atoms with Crippen LogP contribution in [-0.2, 0) is 9.47 Å². The Bertz CT molecular complexity index is 488. The number of carbonyl (C=O) groups is 1. The highest BCUT2D eigenvalue weighted by Gasteiger charge is 2.36. The maximum absolute atomic E-state index is 12.7. The van der Waals surface area contributed by atoms with Gasteiger partial charge in [-0.3, -0.25) is 4.79 Å². The molecule has 0 aliphatic carbocycles. The zero-order valence-corrected chi connectivity index (χ0v) is 12.0. The highest BCUT2D eigenvalue weighted by Crippen LogP contribution is 2.27. The molecule has 0 radical (unpaired) electrons. The van der Waals surface area contributed by atoms with E-state index in [-0.39, 0.29) is 18.2 Å². The van der Waals surface area contributed by atoms with Gasteiger partial charge in [0.15, 0.2) is 6.29 Å². The fourth-order valence-electron chi connectivity index (χ4n) is 2.88. The molecule has 1 unspecified atom stereocenters. The summed E-state index contributed by atoms with van der Waals surface area (Å²) in [6.45, 7) is 1.95. The standard InChI is InChI=1S/C15H18ClNO3/c16-12-6-2-1-5-11(12)14(18)17-8-4-3-7-13(17)15-19-9-10-20-15/h1-2,5-6,13,15H,3-4,7-10H2. The van der Waals surface area contributed by atoms with E-state index in [2.05, 4.69) is 0 Å². The fourth-order valence-corrected chi connectivity index (χ4v) is 3.10. The second kappa shape index (κ2) is 6.12. The minimum Gasteiger partial charge on any atom is -0.348 e. The smallest absolute Gasteiger partial charge is 0.255 e. The number of piperidine rings is 1. The molecule has 2 fully saturated rings. The van der Waals surface area contributed by atoms with Crippen LogP contribution in [0.15, 0.2) is 24.3 Å². The van der Waals surface area contributed by atoms with E-state index in [1.807, 2.05) is 17.0 Å². The van der Waals surface area contributed by atoms with Gasteiger partial charge in [-0.15, -0.1) is 0 Å². The van der Waals surface area contributed by atoms with Crippen molar-refractivity contribution in [3.8, 4) is 0 Å². The van der Waals surface area contributed by atoms with Crippen LogP contribution in [0.5, 0.6) is 0 Å². The maximum Gasteiger partial charge on any atom is 0.255 e.